The molecule has 3 aromatic rings. The highest BCUT2D eigenvalue weighted by Crippen LogP contribution is 2.39. The van der Waals surface area contributed by atoms with Gasteiger partial charge in [-0.2, -0.15) is 4.31 Å². The van der Waals surface area contributed by atoms with Gasteiger partial charge in [-0.25, -0.2) is 8.42 Å². The number of hydrogen-bond donors (Lipinski definition) is 1. The van der Waals surface area contributed by atoms with Gasteiger partial charge < -0.3 is 34.3 Å². The number of aryl methyl sites for hydroxylation is 1. The smallest absolute Gasteiger partial charge is 0.243 e. The fraction of sp³-hybridized carbons (Fsp3) is 0.550. The Bertz CT molecular complexity index is 1620. The largest absolute Gasteiger partial charge is 0.490 e. The molecule has 0 bridgehead atoms. The summed E-state index contributed by atoms with van der Waals surface area (Å²) in [5, 5.41) is 0. The van der Waals surface area contributed by atoms with Crippen LogP contribution in [0.3, 0.4) is 0 Å². The highest BCUT2D eigenvalue weighted by Gasteiger charge is 2.43. The monoisotopic (exact) mass is 723 g/mol. The number of hydrogen-bond acceptors (Lipinski definition) is 9. The second kappa shape index (κ2) is 18.6. The number of sulfonamides is 1. The van der Waals surface area contributed by atoms with Crippen molar-refractivity contribution in [1.29, 1.82) is 0 Å². The SMILES string of the molecule is CCO[C@H](C)COCc1ccc([C@H]2C[C@@H](CC(C)N)N(S(=O)(=O)c3ccc(C)cc3)C[C@@H]2OCc2ccc3c(c2)N(CCCOC)CCO3)cc1. The maximum atomic E-state index is 14.3. The maximum absolute atomic E-state index is 14.3. The molecule has 280 valence electrons. The number of methoxy groups -OCH3 is 1. The average Bonchev–Trinajstić information content (AvgIpc) is 3.11. The molecule has 2 aliphatic rings. The van der Waals surface area contributed by atoms with E-state index in [4.69, 9.17) is 29.4 Å². The average molecular weight is 724 g/mol. The van der Waals surface area contributed by atoms with E-state index in [1.54, 1.807) is 23.5 Å². The van der Waals surface area contributed by atoms with Crippen LogP contribution in [0.1, 0.15) is 68.2 Å². The minimum atomic E-state index is -3.82. The molecule has 0 aromatic heterocycles. The molecule has 11 heteroatoms. The van der Waals surface area contributed by atoms with Crippen molar-refractivity contribution in [2.24, 2.45) is 5.73 Å². The lowest BCUT2D eigenvalue weighted by Crippen LogP contribution is -2.53. The van der Waals surface area contributed by atoms with Crippen molar-refractivity contribution in [3.63, 3.8) is 0 Å². The molecule has 1 saturated heterocycles. The van der Waals surface area contributed by atoms with Crippen molar-refractivity contribution in [3.8, 4) is 5.75 Å². The predicted octanol–water partition coefficient (Wildman–Crippen LogP) is 6.04. The molecule has 0 aliphatic carbocycles. The Labute approximate surface area is 305 Å². The molecule has 0 spiro atoms. The lowest BCUT2D eigenvalue weighted by atomic mass is 9.82. The molecule has 2 N–H and O–H groups in total. The van der Waals surface area contributed by atoms with Gasteiger partial charge in [0.2, 0.25) is 10.0 Å². The van der Waals surface area contributed by atoms with Gasteiger partial charge in [-0.15, -0.1) is 0 Å². The lowest BCUT2D eigenvalue weighted by molar-refractivity contribution is -0.0214. The van der Waals surface area contributed by atoms with Crippen LogP contribution in [0, 0.1) is 6.92 Å². The van der Waals surface area contributed by atoms with E-state index in [9.17, 15) is 8.42 Å². The van der Waals surface area contributed by atoms with Gasteiger partial charge in [0, 0.05) is 51.4 Å². The second-order valence-corrected chi connectivity index (χ2v) is 15.8. The Kier molecular flexibility index (Phi) is 14.3. The maximum Gasteiger partial charge on any atom is 0.243 e. The summed E-state index contributed by atoms with van der Waals surface area (Å²) in [6.07, 6.45) is 1.70. The summed E-state index contributed by atoms with van der Waals surface area (Å²) in [6, 6.07) is 21.2. The summed E-state index contributed by atoms with van der Waals surface area (Å²) >= 11 is 0. The minimum Gasteiger partial charge on any atom is -0.490 e. The van der Waals surface area contributed by atoms with Gasteiger partial charge in [-0.05, 0) is 87.9 Å². The molecule has 10 nitrogen and oxygen atoms in total. The van der Waals surface area contributed by atoms with E-state index in [0.717, 1.165) is 53.2 Å². The number of nitrogens with zero attached hydrogens (tertiary/aromatic N) is 2. The number of ether oxygens (including phenoxy) is 5. The molecule has 5 atom stereocenters. The van der Waals surface area contributed by atoms with Crippen LogP contribution in [0.2, 0.25) is 0 Å². The van der Waals surface area contributed by atoms with Crippen LogP contribution in [0.15, 0.2) is 71.6 Å². The van der Waals surface area contributed by atoms with Crippen molar-refractivity contribution >= 4 is 15.7 Å². The highest BCUT2D eigenvalue weighted by molar-refractivity contribution is 7.89. The predicted molar refractivity (Wildman–Crippen MR) is 201 cm³/mol. The minimum absolute atomic E-state index is 0.0387. The summed E-state index contributed by atoms with van der Waals surface area (Å²) in [5.74, 6) is 0.821. The third-order valence-corrected chi connectivity index (χ3v) is 11.6. The summed E-state index contributed by atoms with van der Waals surface area (Å²) in [4.78, 5) is 2.62. The normalized spacial score (nSPS) is 20.8. The van der Waals surface area contributed by atoms with Crippen LogP contribution in [0.4, 0.5) is 5.69 Å². The van der Waals surface area contributed by atoms with Gasteiger partial charge in [0.25, 0.3) is 0 Å². The first-order chi connectivity index (χ1) is 24.6. The number of rotatable bonds is 18. The van der Waals surface area contributed by atoms with Gasteiger partial charge in [0.1, 0.15) is 12.4 Å². The Morgan fingerprint density at radius 2 is 1.75 bits per heavy atom. The van der Waals surface area contributed by atoms with Gasteiger partial charge in [0.15, 0.2) is 0 Å². The van der Waals surface area contributed by atoms with E-state index in [-0.39, 0.29) is 35.5 Å². The molecule has 0 amide bonds. The second-order valence-electron chi connectivity index (χ2n) is 14.0. The molecule has 2 aliphatic heterocycles. The van der Waals surface area contributed by atoms with Crippen LogP contribution in [-0.4, -0.2) is 90.2 Å². The van der Waals surface area contributed by atoms with Crippen molar-refractivity contribution in [2.75, 3.05) is 58.1 Å². The van der Waals surface area contributed by atoms with Crippen molar-refractivity contribution in [3.05, 3.63) is 89.0 Å². The Morgan fingerprint density at radius 3 is 2.45 bits per heavy atom. The summed E-state index contributed by atoms with van der Waals surface area (Å²) in [7, 11) is -2.09. The van der Waals surface area contributed by atoms with Crippen LogP contribution >= 0.6 is 0 Å². The molecular weight excluding hydrogens is 667 g/mol. The Morgan fingerprint density at radius 1 is 1.00 bits per heavy atom. The third-order valence-electron chi connectivity index (χ3n) is 9.72. The van der Waals surface area contributed by atoms with Crippen molar-refractivity contribution in [1.82, 2.24) is 4.31 Å². The van der Waals surface area contributed by atoms with Crippen molar-refractivity contribution in [2.45, 2.75) is 95.3 Å². The number of piperidine rings is 1. The van der Waals surface area contributed by atoms with E-state index in [1.807, 2.05) is 52.0 Å². The van der Waals surface area contributed by atoms with E-state index in [0.29, 0.717) is 52.5 Å². The number of fused-ring (bicyclic) bond motifs is 1. The highest BCUT2D eigenvalue weighted by atomic mass is 32.2. The Balaban J connectivity index is 1.40. The van der Waals surface area contributed by atoms with E-state index in [1.165, 1.54) is 0 Å². The summed E-state index contributed by atoms with van der Waals surface area (Å²) in [5.41, 5.74) is 11.6. The Hall–Kier alpha value is -3.03. The first-order valence-electron chi connectivity index (χ1n) is 18.3. The molecule has 51 heavy (non-hydrogen) atoms. The number of nitrogens with two attached hydrogens (primary N) is 1. The molecule has 0 saturated carbocycles. The lowest BCUT2D eigenvalue weighted by Gasteiger charge is -2.44. The van der Waals surface area contributed by atoms with Crippen molar-refractivity contribution < 1.29 is 32.1 Å². The molecular formula is C40H57N3O7S. The molecule has 0 radical (unpaired) electrons. The molecule has 2 heterocycles. The van der Waals surface area contributed by atoms with Crippen LogP contribution < -0.4 is 15.4 Å². The quantitative estimate of drug-likeness (QED) is 0.157. The first-order valence-corrected chi connectivity index (χ1v) is 19.8. The zero-order valence-corrected chi connectivity index (χ0v) is 31.8. The van der Waals surface area contributed by atoms with E-state index >= 15 is 0 Å². The molecule has 3 aromatic carbocycles. The standard InChI is InChI=1S/C40H57N3O7S/c1-6-48-31(4)26-47-27-32-10-13-34(14-11-32)37-24-35(22-30(3)41)43(51(44,45)36-15-8-29(2)9-16-36)25-40(37)50-28-33-12-17-39-38(23-33)42(19-21-49-39)18-7-20-46-5/h8-17,23,30-31,35,37,40H,6-7,18-22,24-28,41H2,1-5H3/t30?,31-,35-,37-,40+/m1/s1. The van der Waals surface area contributed by atoms with Crippen LogP contribution in [0.5, 0.6) is 5.75 Å². The topological polar surface area (TPSA) is 113 Å². The number of anilines is 1. The zero-order chi connectivity index (χ0) is 36.4. The van der Waals surface area contributed by atoms with Crippen LogP contribution in [-0.2, 0) is 42.2 Å². The van der Waals surface area contributed by atoms with E-state index < -0.39 is 16.1 Å². The zero-order valence-electron chi connectivity index (χ0n) is 31.0. The van der Waals surface area contributed by atoms with Gasteiger partial charge >= 0.3 is 0 Å². The van der Waals surface area contributed by atoms with Gasteiger partial charge in [-0.3, -0.25) is 0 Å². The first kappa shape index (κ1) is 39.2. The van der Waals surface area contributed by atoms with Gasteiger partial charge in [-0.1, -0.05) is 48.0 Å². The fourth-order valence-electron chi connectivity index (χ4n) is 7.10. The summed E-state index contributed by atoms with van der Waals surface area (Å²) in [6.45, 7) is 13.1. The molecule has 5 rings (SSSR count). The third kappa shape index (κ3) is 10.5. The van der Waals surface area contributed by atoms with Crippen LogP contribution in [0.25, 0.3) is 0 Å². The molecule has 1 unspecified atom stereocenters. The number of benzene rings is 3. The fourth-order valence-corrected chi connectivity index (χ4v) is 8.76. The summed E-state index contributed by atoms with van der Waals surface area (Å²) < 4.78 is 59.7. The van der Waals surface area contributed by atoms with Gasteiger partial charge in [0.05, 0.1) is 49.2 Å². The molecule has 1 fully saturated rings. The van der Waals surface area contributed by atoms with E-state index in [2.05, 4.69) is 35.2 Å².